The van der Waals surface area contributed by atoms with E-state index in [4.69, 9.17) is 14.6 Å². The number of carbonyl (C=O) groups is 1. The summed E-state index contributed by atoms with van der Waals surface area (Å²) in [5, 5.41) is 8.93. The van der Waals surface area contributed by atoms with Crippen molar-refractivity contribution in [2.24, 2.45) is 0 Å². The van der Waals surface area contributed by atoms with E-state index >= 15 is 0 Å². The number of halogens is 2. The largest absolute Gasteiger partial charge is 0.496 e. The van der Waals surface area contributed by atoms with E-state index < -0.39 is 12.6 Å². The van der Waals surface area contributed by atoms with Crippen molar-refractivity contribution in [1.29, 1.82) is 0 Å². The summed E-state index contributed by atoms with van der Waals surface area (Å²) < 4.78 is 37.8. The molecule has 1 N–H and O–H groups in total. The molecule has 7 heteroatoms. The third-order valence-corrected chi connectivity index (χ3v) is 1.92. The first-order valence-corrected chi connectivity index (χ1v) is 4.43. The number of benzene rings is 1. The highest BCUT2D eigenvalue weighted by Crippen LogP contribution is 2.34. The van der Waals surface area contributed by atoms with Gasteiger partial charge in [-0.1, -0.05) is 0 Å². The van der Waals surface area contributed by atoms with Gasteiger partial charge in [-0.05, 0) is 0 Å². The van der Waals surface area contributed by atoms with Gasteiger partial charge in [0, 0.05) is 12.1 Å². The Kier molecular flexibility index (Phi) is 4.08. The third-order valence-electron chi connectivity index (χ3n) is 1.92. The molecule has 0 aliphatic heterocycles. The van der Waals surface area contributed by atoms with Gasteiger partial charge in [0.05, 0.1) is 14.2 Å². The highest BCUT2D eigenvalue weighted by molar-refractivity contribution is 5.94. The molecule has 5 nitrogen and oxygen atoms in total. The Balaban J connectivity index is 3.28. The zero-order chi connectivity index (χ0) is 13.0. The summed E-state index contributed by atoms with van der Waals surface area (Å²) in [6.07, 6.45) is 0. The third kappa shape index (κ3) is 2.96. The molecule has 94 valence electrons. The number of ether oxygens (including phenoxy) is 3. The quantitative estimate of drug-likeness (QED) is 0.863. The van der Waals surface area contributed by atoms with Crippen LogP contribution in [0.5, 0.6) is 17.2 Å². The Morgan fingerprint density at radius 1 is 1.24 bits per heavy atom. The molecule has 1 aromatic rings. The standard InChI is InChI=1S/C10H10F2O5/c1-15-6-3-5(17-10(11)12)4-7(16-2)8(6)9(13)14/h3-4,10H,1-2H3,(H,13,14). The molecule has 0 aliphatic rings. The van der Waals surface area contributed by atoms with E-state index in [0.717, 1.165) is 12.1 Å². The number of methoxy groups -OCH3 is 2. The number of aromatic carboxylic acids is 1. The average Bonchev–Trinajstić information content (AvgIpc) is 2.26. The zero-order valence-electron chi connectivity index (χ0n) is 9.07. The number of carboxylic acid groups (broad SMARTS) is 1. The lowest BCUT2D eigenvalue weighted by molar-refractivity contribution is -0.0500. The molecule has 0 aliphatic carbocycles. The summed E-state index contributed by atoms with van der Waals surface area (Å²) in [4.78, 5) is 10.9. The number of alkyl halides is 2. The van der Waals surface area contributed by atoms with Crippen LogP contribution in [0.1, 0.15) is 10.4 Å². The van der Waals surface area contributed by atoms with Crippen molar-refractivity contribution in [2.75, 3.05) is 14.2 Å². The van der Waals surface area contributed by atoms with Gasteiger partial charge >= 0.3 is 12.6 Å². The highest BCUT2D eigenvalue weighted by Gasteiger charge is 2.20. The van der Waals surface area contributed by atoms with Gasteiger partial charge in [0.15, 0.2) is 0 Å². The molecule has 0 heterocycles. The van der Waals surface area contributed by atoms with Gasteiger partial charge in [0.25, 0.3) is 0 Å². The SMILES string of the molecule is COc1cc(OC(F)F)cc(OC)c1C(=O)O. The zero-order valence-corrected chi connectivity index (χ0v) is 9.07. The molecule has 17 heavy (non-hydrogen) atoms. The fourth-order valence-corrected chi connectivity index (χ4v) is 1.27. The molecule has 0 unspecified atom stereocenters. The van der Waals surface area contributed by atoms with Crippen LogP contribution in [0.25, 0.3) is 0 Å². The van der Waals surface area contributed by atoms with Gasteiger partial charge in [-0.3, -0.25) is 0 Å². The molecule has 0 amide bonds. The molecule has 0 spiro atoms. The first-order valence-electron chi connectivity index (χ1n) is 4.43. The van der Waals surface area contributed by atoms with Gasteiger partial charge in [-0.15, -0.1) is 0 Å². The van der Waals surface area contributed by atoms with Crippen molar-refractivity contribution in [2.45, 2.75) is 6.61 Å². The van der Waals surface area contributed by atoms with Crippen LogP contribution in [-0.2, 0) is 0 Å². The molecule has 0 saturated carbocycles. The predicted molar refractivity (Wildman–Crippen MR) is 53.1 cm³/mol. The molecule has 0 bridgehead atoms. The fraction of sp³-hybridized carbons (Fsp3) is 0.300. The molecular formula is C10H10F2O5. The minimum Gasteiger partial charge on any atom is -0.496 e. The maximum atomic E-state index is 12.0. The van der Waals surface area contributed by atoms with Crippen LogP contribution in [0.2, 0.25) is 0 Å². The van der Waals surface area contributed by atoms with Crippen molar-refractivity contribution in [3.05, 3.63) is 17.7 Å². The number of rotatable bonds is 5. The molecule has 0 saturated heterocycles. The lowest BCUT2D eigenvalue weighted by atomic mass is 10.1. The molecule has 0 radical (unpaired) electrons. The lowest BCUT2D eigenvalue weighted by Crippen LogP contribution is -2.07. The normalized spacial score (nSPS) is 10.2. The van der Waals surface area contributed by atoms with Crippen molar-refractivity contribution in [3.8, 4) is 17.2 Å². The minimum absolute atomic E-state index is 0.118. The molecule has 0 atom stereocenters. The van der Waals surface area contributed by atoms with Crippen LogP contribution >= 0.6 is 0 Å². The second kappa shape index (κ2) is 5.33. The topological polar surface area (TPSA) is 65.0 Å². The van der Waals surface area contributed by atoms with Gasteiger partial charge in [-0.2, -0.15) is 8.78 Å². The van der Waals surface area contributed by atoms with Gasteiger partial charge in [0.2, 0.25) is 0 Å². The van der Waals surface area contributed by atoms with E-state index in [1.165, 1.54) is 14.2 Å². The molecule has 1 rings (SSSR count). The van der Waals surface area contributed by atoms with E-state index in [-0.39, 0.29) is 22.8 Å². The second-order valence-corrected chi connectivity index (χ2v) is 2.89. The van der Waals surface area contributed by atoms with Crippen LogP contribution in [0, 0.1) is 0 Å². The first-order chi connectivity index (χ1) is 7.99. The Morgan fingerprint density at radius 3 is 2.00 bits per heavy atom. The smallest absolute Gasteiger partial charge is 0.387 e. The summed E-state index contributed by atoms with van der Waals surface area (Å²) in [6, 6.07) is 2.11. The summed E-state index contributed by atoms with van der Waals surface area (Å²) in [5.41, 5.74) is -0.253. The van der Waals surface area contributed by atoms with Crippen molar-refractivity contribution in [3.63, 3.8) is 0 Å². The summed E-state index contributed by atoms with van der Waals surface area (Å²) in [7, 11) is 2.43. The van der Waals surface area contributed by atoms with Crippen LogP contribution < -0.4 is 14.2 Å². The van der Waals surface area contributed by atoms with Gasteiger partial charge < -0.3 is 19.3 Å². The summed E-state index contributed by atoms with van der Waals surface area (Å²) in [5.74, 6) is -1.76. The van der Waals surface area contributed by atoms with E-state index in [1.54, 1.807) is 0 Å². The Bertz CT molecular complexity index is 394. The van der Waals surface area contributed by atoms with Crippen LogP contribution in [0.3, 0.4) is 0 Å². The number of hydrogen-bond donors (Lipinski definition) is 1. The maximum Gasteiger partial charge on any atom is 0.387 e. The number of hydrogen-bond acceptors (Lipinski definition) is 4. The summed E-state index contributed by atoms with van der Waals surface area (Å²) >= 11 is 0. The van der Waals surface area contributed by atoms with E-state index in [0.29, 0.717) is 0 Å². The van der Waals surface area contributed by atoms with Gasteiger partial charge in [-0.25, -0.2) is 4.79 Å². The fourth-order valence-electron chi connectivity index (χ4n) is 1.27. The first kappa shape index (κ1) is 13.0. The van der Waals surface area contributed by atoms with E-state index in [1.807, 2.05) is 0 Å². The Morgan fingerprint density at radius 2 is 1.71 bits per heavy atom. The summed E-state index contributed by atoms with van der Waals surface area (Å²) in [6.45, 7) is -3.01. The molecule has 0 aromatic heterocycles. The van der Waals surface area contributed by atoms with Crippen molar-refractivity contribution in [1.82, 2.24) is 0 Å². The highest BCUT2D eigenvalue weighted by atomic mass is 19.3. The van der Waals surface area contributed by atoms with E-state index in [2.05, 4.69) is 4.74 Å². The second-order valence-electron chi connectivity index (χ2n) is 2.89. The molecule has 0 fully saturated rings. The number of carboxylic acids is 1. The Labute approximate surface area is 95.5 Å². The lowest BCUT2D eigenvalue weighted by Gasteiger charge is -2.12. The molecular weight excluding hydrogens is 238 g/mol. The van der Waals surface area contributed by atoms with Gasteiger partial charge in [0.1, 0.15) is 22.8 Å². The molecule has 1 aromatic carbocycles. The van der Waals surface area contributed by atoms with Crippen molar-refractivity contribution < 1.29 is 32.9 Å². The van der Waals surface area contributed by atoms with Crippen LogP contribution in [-0.4, -0.2) is 31.9 Å². The van der Waals surface area contributed by atoms with E-state index in [9.17, 15) is 13.6 Å². The Hall–Kier alpha value is -2.05. The predicted octanol–water partition coefficient (Wildman–Crippen LogP) is 2.00. The average molecular weight is 248 g/mol. The van der Waals surface area contributed by atoms with Crippen molar-refractivity contribution >= 4 is 5.97 Å². The van der Waals surface area contributed by atoms with Crippen LogP contribution in [0.4, 0.5) is 8.78 Å². The maximum absolute atomic E-state index is 12.0. The minimum atomic E-state index is -3.01. The van der Waals surface area contributed by atoms with Crippen LogP contribution in [0.15, 0.2) is 12.1 Å². The monoisotopic (exact) mass is 248 g/mol.